The van der Waals surface area contributed by atoms with E-state index in [1.807, 2.05) is 41.1 Å². The lowest BCUT2D eigenvalue weighted by molar-refractivity contribution is -0.0468. The summed E-state index contributed by atoms with van der Waals surface area (Å²) in [5.41, 5.74) is 1.43. The molecule has 9 nitrogen and oxygen atoms in total. The first-order valence-electron chi connectivity index (χ1n) is 12.9. The van der Waals surface area contributed by atoms with Crippen molar-refractivity contribution in [3.05, 3.63) is 92.9 Å². The van der Waals surface area contributed by atoms with Gasteiger partial charge in [-0.2, -0.15) is 0 Å². The van der Waals surface area contributed by atoms with Crippen LogP contribution < -0.4 is 15.3 Å². The van der Waals surface area contributed by atoms with Crippen LogP contribution in [0.1, 0.15) is 46.2 Å². The molecule has 2 fully saturated rings. The zero-order valence-corrected chi connectivity index (χ0v) is 21.1. The lowest BCUT2D eigenvalue weighted by Gasteiger charge is -2.53. The minimum Gasteiger partial charge on any atom is -0.502 e. The van der Waals surface area contributed by atoms with Crippen LogP contribution in [0.15, 0.2) is 53.5 Å². The zero-order chi connectivity index (χ0) is 27.0. The lowest BCUT2D eigenvalue weighted by Crippen LogP contribution is -2.68. The SMILES string of the molecule is CC1COC[C@@H]2N1C(=O)c1c(O)c(=O)ccn1N2C1c2ccccc2N2CCOCC2c2c1ccc(F)c2F. The predicted octanol–water partition coefficient (Wildman–Crippen LogP) is 2.65. The summed E-state index contributed by atoms with van der Waals surface area (Å²) < 4.78 is 43.7. The highest BCUT2D eigenvalue weighted by Gasteiger charge is 2.49. The summed E-state index contributed by atoms with van der Waals surface area (Å²) in [7, 11) is 0. The number of aromatic hydroxyl groups is 1. The third-order valence-corrected chi connectivity index (χ3v) is 8.20. The van der Waals surface area contributed by atoms with Gasteiger partial charge >= 0.3 is 0 Å². The fourth-order valence-corrected chi connectivity index (χ4v) is 6.53. The first-order chi connectivity index (χ1) is 18.9. The monoisotopic (exact) mass is 536 g/mol. The van der Waals surface area contributed by atoms with Crippen molar-refractivity contribution in [3.63, 3.8) is 0 Å². The van der Waals surface area contributed by atoms with Crippen LogP contribution in [0.4, 0.5) is 14.5 Å². The molecule has 1 aromatic heterocycles. The summed E-state index contributed by atoms with van der Waals surface area (Å²) in [6, 6.07) is 9.82. The van der Waals surface area contributed by atoms with Crippen molar-refractivity contribution in [2.75, 3.05) is 42.9 Å². The number of nitrogens with zero attached hydrogens (tertiary/aromatic N) is 4. The van der Waals surface area contributed by atoms with Crippen LogP contribution in [0, 0.1) is 11.6 Å². The topological polar surface area (TPSA) is 87.5 Å². The van der Waals surface area contributed by atoms with Crippen LogP contribution in [0.5, 0.6) is 5.75 Å². The van der Waals surface area contributed by atoms with Gasteiger partial charge in [0.15, 0.2) is 23.1 Å². The van der Waals surface area contributed by atoms with Gasteiger partial charge in [-0.1, -0.05) is 24.3 Å². The Morgan fingerprint density at radius 3 is 2.64 bits per heavy atom. The van der Waals surface area contributed by atoms with Gasteiger partial charge in [0, 0.05) is 35.6 Å². The number of hydrogen-bond donors (Lipinski definition) is 1. The number of ether oxygens (including phenoxy) is 2. The van der Waals surface area contributed by atoms with Crippen molar-refractivity contribution in [3.8, 4) is 5.75 Å². The molecule has 0 radical (unpaired) electrons. The maximum absolute atomic E-state index is 15.8. The summed E-state index contributed by atoms with van der Waals surface area (Å²) in [5.74, 6) is -3.08. The molecule has 0 bridgehead atoms. The van der Waals surface area contributed by atoms with Crippen molar-refractivity contribution in [1.29, 1.82) is 0 Å². The average molecular weight is 537 g/mol. The van der Waals surface area contributed by atoms with E-state index in [9.17, 15) is 19.1 Å². The molecule has 3 unspecified atom stereocenters. The average Bonchev–Trinajstić information content (AvgIpc) is 3.06. The van der Waals surface area contributed by atoms with Crippen molar-refractivity contribution in [1.82, 2.24) is 9.58 Å². The van der Waals surface area contributed by atoms with Gasteiger partial charge in [-0.05, 0) is 24.6 Å². The van der Waals surface area contributed by atoms with E-state index < -0.39 is 47.0 Å². The zero-order valence-electron chi connectivity index (χ0n) is 21.1. The Labute approximate surface area is 222 Å². The molecule has 202 valence electrons. The molecule has 4 atom stereocenters. The quantitative estimate of drug-likeness (QED) is 0.512. The van der Waals surface area contributed by atoms with E-state index in [0.29, 0.717) is 18.7 Å². The van der Waals surface area contributed by atoms with Crippen LogP contribution in [0.2, 0.25) is 0 Å². The van der Waals surface area contributed by atoms with Crippen LogP contribution >= 0.6 is 0 Å². The minimum atomic E-state index is -0.962. The molecule has 4 aliphatic heterocycles. The Morgan fingerprint density at radius 1 is 0.974 bits per heavy atom. The normalized spacial score (nSPS) is 25.7. The molecule has 2 saturated heterocycles. The van der Waals surface area contributed by atoms with Crippen molar-refractivity contribution < 1.29 is 28.2 Å². The summed E-state index contributed by atoms with van der Waals surface area (Å²) >= 11 is 0. The van der Waals surface area contributed by atoms with Gasteiger partial charge in [0.1, 0.15) is 12.2 Å². The van der Waals surface area contributed by atoms with Crippen LogP contribution in [-0.4, -0.2) is 65.8 Å². The number of carbonyl (C=O) groups is 1. The van der Waals surface area contributed by atoms with E-state index in [0.717, 1.165) is 17.3 Å². The first-order valence-corrected chi connectivity index (χ1v) is 12.9. The fraction of sp³-hybridized carbons (Fsp3) is 0.357. The number of pyridine rings is 1. The van der Waals surface area contributed by atoms with Crippen LogP contribution in [0.25, 0.3) is 0 Å². The molecule has 0 spiro atoms. The van der Waals surface area contributed by atoms with Crippen LogP contribution in [0.3, 0.4) is 0 Å². The summed E-state index contributed by atoms with van der Waals surface area (Å²) in [4.78, 5) is 29.8. The Balaban J connectivity index is 1.57. The van der Waals surface area contributed by atoms with E-state index in [1.54, 1.807) is 11.0 Å². The number of halogens is 2. The van der Waals surface area contributed by atoms with Crippen molar-refractivity contribution in [2.45, 2.75) is 31.2 Å². The highest BCUT2D eigenvalue weighted by molar-refractivity contribution is 5.97. The number of amides is 1. The fourth-order valence-electron chi connectivity index (χ4n) is 6.53. The molecular weight excluding hydrogens is 510 g/mol. The van der Waals surface area contributed by atoms with Gasteiger partial charge in [-0.3, -0.25) is 19.3 Å². The molecular formula is C28H26F2N4O5. The number of morpholine rings is 2. The number of hydrogen-bond acceptors (Lipinski definition) is 7. The largest absolute Gasteiger partial charge is 0.502 e. The molecule has 2 aromatic carbocycles. The second-order valence-corrected chi connectivity index (χ2v) is 10.3. The summed E-state index contributed by atoms with van der Waals surface area (Å²) in [6.07, 6.45) is 0.774. The van der Waals surface area contributed by atoms with Gasteiger partial charge < -0.3 is 24.4 Å². The second kappa shape index (κ2) is 8.78. The Kier molecular flexibility index (Phi) is 5.43. The number of anilines is 1. The van der Waals surface area contributed by atoms with Gasteiger partial charge in [0.2, 0.25) is 5.43 Å². The Hall–Kier alpha value is -3.96. The van der Waals surface area contributed by atoms with Gasteiger partial charge in [0.25, 0.3) is 5.91 Å². The Morgan fingerprint density at radius 2 is 1.79 bits per heavy atom. The second-order valence-electron chi connectivity index (χ2n) is 10.3. The maximum Gasteiger partial charge on any atom is 0.278 e. The molecule has 5 heterocycles. The Bertz CT molecular complexity index is 1560. The van der Waals surface area contributed by atoms with Crippen molar-refractivity contribution >= 4 is 11.6 Å². The maximum atomic E-state index is 15.8. The standard InChI is InChI=1S/C28H26F2N4O5/c1-15-12-39-14-22-33(15)28(37)26-27(36)21(35)8-9-32(26)34(22)25-16-4-2-3-5-19(16)31-10-11-38-13-20(31)23-17(25)6-7-18(29)24(23)30/h2-9,15,20,22,25,36H,10-14H2,1H3/t15?,20?,22-,25?/m1/s1. The molecule has 4 aliphatic rings. The van der Waals surface area contributed by atoms with E-state index in [1.165, 1.54) is 16.9 Å². The van der Waals surface area contributed by atoms with Gasteiger partial charge in [0.05, 0.1) is 38.5 Å². The van der Waals surface area contributed by atoms with E-state index in [-0.39, 0.29) is 37.1 Å². The number of carbonyl (C=O) groups excluding carboxylic acids is 1. The van der Waals surface area contributed by atoms with Crippen LogP contribution in [-0.2, 0) is 9.47 Å². The molecule has 11 heteroatoms. The molecule has 0 aliphatic carbocycles. The molecule has 1 N–H and O–H groups in total. The third kappa shape index (κ3) is 3.36. The van der Waals surface area contributed by atoms with Gasteiger partial charge in [-0.25, -0.2) is 8.78 Å². The molecule has 3 aromatic rings. The van der Waals surface area contributed by atoms with E-state index in [4.69, 9.17) is 9.47 Å². The summed E-state index contributed by atoms with van der Waals surface area (Å²) in [6.45, 7) is 3.32. The van der Waals surface area contributed by atoms with Crippen molar-refractivity contribution in [2.24, 2.45) is 0 Å². The van der Waals surface area contributed by atoms with Gasteiger partial charge in [-0.15, -0.1) is 0 Å². The molecule has 0 saturated carbocycles. The minimum absolute atomic E-state index is 0.135. The number of para-hydroxylation sites is 1. The van der Waals surface area contributed by atoms with E-state index >= 15 is 4.39 Å². The molecule has 7 rings (SSSR count). The number of fused-ring (bicyclic) bond motifs is 7. The number of benzene rings is 2. The number of rotatable bonds is 1. The highest BCUT2D eigenvalue weighted by Crippen LogP contribution is 2.48. The predicted molar refractivity (Wildman–Crippen MR) is 136 cm³/mol. The first kappa shape index (κ1) is 24.1. The lowest BCUT2D eigenvalue weighted by atomic mass is 9.91. The number of aromatic nitrogens is 1. The molecule has 1 amide bonds. The molecule has 39 heavy (non-hydrogen) atoms. The highest BCUT2D eigenvalue weighted by atomic mass is 19.2. The summed E-state index contributed by atoms with van der Waals surface area (Å²) in [5, 5.41) is 12.7. The third-order valence-electron chi connectivity index (χ3n) is 8.20. The smallest absolute Gasteiger partial charge is 0.278 e. The van der Waals surface area contributed by atoms with E-state index in [2.05, 4.69) is 0 Å².